The Bertz CT molecular complexity index is 345. The first-order valence-electron chi connectivity index (χ1n) is 7.63. The third-order valence-corrected chi connectivity index (χ3v) is 4.67. The molecule has 106 valence electrons. The summed E-state index contributed by atoms with van der Waals surface area (Å²) in [5.74, 6) is 0.250. The molecule has 0 radical (unpaired) electrons. The molecule has 2 aliphatic carbocycles. The van der Waals surface area contributed by atoms with E-state index in [1.54, 1.807) is 0 Å². The maximum absolute atomic E-state index is 12.2. The van der Waals surface area contributed by atoms with Crippen molar-refractivity contribution in [3.8, 4) is 6.07 Å². The average molecular weight is 263 g/mol. The highest BCUT2D eigenvalue weighted by molar-refractivity contribution is 5.79. The van der Waals surface area contributed by atoms with Crippen LogP contribution in [0.2, 0.25) is 0 Å². The van der Waals surface area contributed by atoms with E-state index in [0.717, 1.165) is 25.7 Å². The zero-order chi connectivity index (χ0) is 13.7. The van der Waals surface area contributed by atoms with Crippen molar-refractivity contribution in [2.24, 2.45) is 11.7 Å². The van der Waals surface area contributed by atoms with Crippen LogP contribution in [0.5, 0.6) is 0 Å². The highest BCUT2D eigenvalue weighted by atomic mass is 16.1. The SMILES string of the molecule is N#CC1(N)CCC(C(=O)NC2CCCCCC2)CC1. The van der Waals surface area contributed by atoms with Gasteiger partial charge in [0.05, 0.1) is 6.07 Å². The number of amides is 1. The van der Waals surface area contributed by atoms with Crippen LogP contribution in [0, 0.1) is 17.2 Å². The van der Waals surface area contributed by atoms with Crippen LogP contribution in [-0.2, 0) is 4.79 Å². The van der Waals surface area contributed by atoms with Gasteiger partial charge in [-0.3, -0.25) is 4.79 Å². The molecule has 0 aliphatic heterocycles. The van der Waals surface area contributed by atoms with E-state index in [0.29, 0.717) is 18.9 Å². The van der Waals surface area contributed by atoms with Crippen LogP contribution in [-0.4, -0.2) is 17.5 Å². The fraction of sp³-hybridized carbons (Fsp3) is 0.867. The van der Waals surface area contributed by atoms with Crippen LogP contribution in [0.25, 0.3) is 0 Å². The summed E-state index contributed by atoms with van der Waals surface area (Å²) in [6, 6.07) is 2.55. The van der Waals surface area contributed by atoms with Crippen LogP contribution in [0.1, 0.15) is 64.2 Å². The minimum atomic E-state index is -0.695. The number of nitrogens with two attached hydrogens (primary N) is 1. The van der Waals surface area contributed by atoms with Gasteiger partial charge in [-0.15, -0.1) is 0 Å². The van der Waals surface area contributed by atoms with Crippen LogP contribution in [0.15, 0.2) is 0 Å². The molecule has 0 unspecified atom stereocenters. The fourth-order valence-electron chi connectivity index (χ4n) is 3.25. The second-order valence-corrected chi connectivity index (χ2v) is 6.24. The highest BCUT2D eigenvalue weighted by Crippen LogP contribution is 2.30. The lowest BCUT2D eigenvalue weighted by molar-refractivity contribution is -0.127. The topological polar surface area (TPSA) is 78.9 Å². The number of hydrogen-bond donors (Lipinski definition) is 2. The number of carbonyl (C=O) groups is 1. The van der Waals surface area contributed by atoms with E-state index >= 15 is 0 Å². The number of carbonyl (C=O) groups excluding carboxylic acids is 1. The van der Waals surface area contributed by atoms with E-state index in [-0.39, 0.29) is 11.8 Å². The van der Waals surface area contributed by atoms with Gasteiger partial charge in [-0.2, -0.15) is 5.26 Å². The van der Waals surface area contributed by atoms with E-state index in [4.69, 9.17) is 11.0 Å². The van der Waals surface area contributed by atoms with Gasteiger partial charge in [0.2, 0.25) is 5.91 Å². The van der Waals surface area contributed by atoms with Gasteiger partial charge in [-0.25, -0.2) is 0 Å². The molecule has 4 nitrogen and oxygen atoms in total. The zero-order valence-electron chi connectivity index (χ0n) is 11.7. The monoisotopic (exact) mass is 263 g/mol. The third kappa shape index (κ3) is 3.94. The molecule has 0 heterocycles. The minimum absolute atomic E-state index is 0.0632. The summed E-state index contributed by atoms with van der Waals surface area (Å²) < 4.78 is 0. The maximum Gasteiger partial charge on any atom is 0.223 e. The molecular formula is C15H25N3O. The number of rotatable bonds is 2. The Morgan fingerprint density at radius 3 is 2.21 bits per heavy atom. The molecule has 2 fully saturated rings. The van der Waals surface area contributed by atoms with Crippen molar-refractivity contribution in [2.75, 3.05) is 0 Å². The predicted molar refractivity (Wildman–Crippen MR) is 74.1 cm³/mol. The average Bonchev–Trinajstić information content (AvgIpc) is 2.68. The van der Waals surface area contributed by atoms with E-state index in [2.05, 4.69) is 11.4 Å². The van der Waals surface area contributed by atoms with E-state index in [9.17, 15) is 4.79 Å². The summed E-state index contributed by atoms with van der Waals surface area (Å²) in [4.78, 5) is 12.2. The summed E-state index contributed by atoms with van der Waals surface area (Å²) in [7, 11) is 0. The fourth-order valence-corrected chi connectivity index (χ4v) is 3.25. The van der Waals surface area contributed by atoms with Gasteiger partial charge in [-0.05, 0) is 38.5 Å². The molecule has 1 amide bonds. The van der Waals surface area contributed by atoms with Gasteiger partial charge in [0.25, 0.3) is 0 Å². The van der Waals surface area contributed by atoms with Crippen molar-refractivity contribution in [1.29, 1.82) is 5.26 Å². The first-order chi connectivity index (χ1) is 9.13. The Morgan fingerprint density at radius 2 is 1.68 bits per heavy atom. The van der Waals surface area contributed by atoms with Crippen LogP contribution in [0.3, 0.4) is 0 Å². The predicted octanol–water partition coefficient (Wildman–Crippen LogP) is 2.24. The van der Waals surface area contributed by atoms with Gasteiger partial charge in [0, 0.05) is 12.0 Å². The molecule has 0 spiro atoms. The molecule has 0 aromatic heterocycles. The summed E-state index contributed by atoms with van der Waals surface area (Å²) in [6.07, 6.45) is 10.1. The van der Waals surface area contributed by atoms with E-state index in [1.807, 2.05) is 0 Å². The molecule has 0 aromatic rings. The second-order valence-electron chi connectivity index (χ2n) is 6.24. The van der Waals surface area contributed by atoms with Crippen molar-refractivity contribution < 1.29 is 4.79 Å². The van der Waals surface area contributed by atoms with Crippen LogP contribution >= 0.6 is 0 Å². The van der Waals surface area contributed by atoms with Gasteiger partial charge in [0.1, 0.15) is 5.54 Å². The lowest BCUT2D eigenvalue weighted by Crippen LogP contribution is -2.46. The standard InChI is InChI=1S/C15H25N3O/c16-11-15(17)9-7-12(8-10-15)14(19)18-13-5-3-1-2-4-6-13/h12-13H,1-10,17H2,(H,18,19). The summed E-state index contributed by atoms with van der Waals surface area (Å²) in [6.45, 7) is 0. The first-order valence-corrected chi connectivity index (χ1v) is 7.63. The Kier molecular flexibility index (Phi) is 4.81. The Hall–Kier alpha value is -1.08. The van der Waals surface area contributed by atoms with Crippen molar-refractivity contribution in [3.05, 3.63) is 0 Å². The number of hydrogen-bond acceptors (Lipinski definition) is 3. The molecule has 0 bridgehead atoms. The van der Waals surface area contributed by atoms with E-state index < -0.39 is 5.54 Å². The van der Waals surface area contributed by atoms with Crippen molar-refractivity contribution in [1.82, 2.24) is 5.32 Å². The number of nitrogens with one attached hydrogen (secondary N) is 1. The number of nitrogens with zero attached hydrogens (tertiary/aromatic N) is 1. The van der Waals surface area contributed by atoms with Gasteiger partial charge < -0.3 is 11.1 Å². The van der Waals surface area contributed by atoms with Crippen LogP contribution in [0.4, 0.5) is 0 Å². The zero-order valence-corrected chi connectivity index (χ0v) is 11.7. The maximum atomic E-state index is 12.2. The third-order valence-electron chi connectivity index (χ3n) is 4.67. The molecule has 0 aromatic carbocycles. The quantitative estimate of drug-likeness (QED) is 0.750. The number of nitriles is 1. The Morgan fingerprint density at radius 1 is 1.11 bits per heavy atom. The Labute approximate surface area is 115 Å². The molecule has 2 rings (SSSR count). The summed E-state index contributed by atoms with van der Waals surface area (Å²) >= 11 is 0. The lowest BCUT2D eigenvalue weighted by Gasteiger charge is -2.31. The molecule has 19 heavy (non-hydrogen) atoms. The smallest absolute Gasteiger partial charge is 0.223 e. The minimum Gasteiger partial charge on any atom is -0.353 e. The van der Waals surface area contributed by atoms with Gasteiger partial charge in [-0.1, -0.05) is 25.7 Å². The van der Waals surface area contributed by atoms with Gasteiger partial charge in [0.15, 0.2) is 0 Å². The molecule has 2 aliphatic rings. The van der Waals surface area contributed by atoms with E-state index in [1.165, 1.54) is 25.7 Å². The summed E-state index contributed by atoms with van der Waals surface area (Å²) in [5.41, 5.74) is 5.24. The Balaban J connectivity index is 1.79. The molecular weight excluding hydrogens is 238 g/mol. The molecule has 0 saturated heterocycles. The van der Waals surface area contributed by atoms with Crippen molar-refractivity contribution in [3.63, 3.8) is 0 Å². The van der Waals surface area contributed by atoms with Gasteiger partial charge >= 0.3 is 0 Å². The molecule has 0 atom stereocenters. The first kappa shape index (κ1) is 14.3. The van der Waals surface area contributed by atoms with Crippen molar-refractivity contribution >= 4 is 5.91 Å². The van der Waals surface area contributed by atoms with Crippen LogP contribution < -0.4 is 11.1 Å². The van der Waals surface area contributed by atoms with Crippen molar-refractivity contribution in [2.45, 2.75) is 75.8 Å². The second kappa shape index (κ2) is 6.38. The lowest BCUT2D eigenvalue weighted by atomic mass is 9.77. The molecule has 4 heteroatoms. The largest absolute Gasteiger partial charge is 0.353 e. The highest BCUT2D eigenvalue weighted by Gasteiger charge is 2.34. The normalized spacial score (nSPS) is 33.2. The summed E-state index contributed by atoms with van der Waals surface area (Å²) in [5, 5.41) is 12.2. The molecule has 2 saturated carbocycles. The molecule has 3 N–H and O–H groups in total.